The fourth-order valence-electron chi connectivity index (χ4n) is 4.44. The summed E-state index contributed by atoms with van der Waals surface area (Å²) in [6, 6.07) is 31.2. The van der Waals surface area contributed by atoms with Gasteiger partial charge in [-0.15, -0.1) is 0 Å². The third kappa shape index (κ3) is 6.12. The Kier molecular flexibility index (Phi) is 9.26. The minimum absolute atomic E-state index is 0.212. The molecule has 0 amide bonds. The normalized spacial score (nSPS) is 15.3. The molecule has 0 aliphatic rings. The number of thioether (sulfide) groups is 1. The van der Waals surface area contributed by atoms with Gasteiger partial charge in [0.2, 0.25) is 0 Å². The molecule has 0 unspecified atom stereocenters. The molecule has 4 aromatic rings. The molecule has 4 nitrogen and oxygen atoms in total. The van der Waals surface area contributed by atoms with E-state index in [1.165, 1.54) is 0 Å². The molecule has 0 saturated carbocycles. The smallest absolute Gasteiger partial charge is 0.125 e. The molecule has 0 aliphatic heterocycles. The molecule has 1 N–H and O–H groups in total. The molecule has 38 heavy (non-hydrogen) atoms. The quantitative estimate of drug-likeness (QED) is 0.223. The van der Waals surface area contributed by atoms with Gasteiger partial charge in [0.1, 0.15) is 16.7 Å². The van der Waals surface area contributed by atoms with Crippen molar-refractivity contribution in [1.29, 1.82) is 0 Å². The first-order chi connectivity index (χ1) is 18.3. The lowest BCUT2D eigenvalue weighted by Crippen LogP contribution is -2.45. The van der Waals surface area contributed by atoms with Crippen LogP contribution in [0.1, 0.15) is 34.4 Å². The number of benzene rings is 4. The van der Waals surface area contributed by atoms with E-state index in [4.69, 9.17) is 4.74 Å². The summed E-state index contributed by atoms with van der Waals surface area (Å²) in [6.45, 7) is 6.09. The van der Waals surface area contributed by atoms with Gasteiger partial charge in [0.25, 0.3) is 0 Å². The van der Waals surface area contributed by atoms with Crippen LogP contribution in [-0.4, -0.2) is 21.8 Å². The van der Waals surface area contributed by atoms with E-state index >= 15 is 0 Å². The summed E-state index contributed by atoms with van der Waals surface area (Å²) in [7, 11) is -1.23. The number of aryl methyl sites for hydroxylation is 2. The van der Waals surface area contributed by atoms with Crippen LogP contribution in [-0.2, 0) is 27.3 Å². The average Bonchev–Trinajstić information content (AvgIpc) is 2.94. The molecule has 0 saturated heterocycles. The van der Waals surface area contributed by atoms with Crippen molar-refractivity contribution < 1.29 is 13.2 Å². The van der Waals surface area contributed by atoms with Gasteiger partial charge in [-0.05, 0) is 80.6 Å². The number of hydrogen-bond donors (Lipinski definition) is 1. The fourth-order valence-corrected chi connectivity index (χ4v) is 8.08. The van der Waals surface area contributed by atoms with E-state index in [-0.39, 0.29) is 5.25 Å². The van der Waals surface area contributed by atoms with Crippen molar-refractivity contribution in [2.75, 3.05) is 13.4 Å². The molecule has 4 aromatic carbocycles. The van der Waals surface area contributed by atoms with Crippen LogP contribution in [0.2, 0.25) is 0 Å². The van der Waals surface area contributed by atoms with Crippen LogP contribution in [0.15, 0.2) is 112 Å². The minimum Gasteiger partial charge on any atom is -0.497 e. The highest BCUT2D eigenvalue weighted by Crippen LogP contribution is 2.46. The van der Waals surface area contributed by atoms with Crippen LogP contribution >= 0.6 is 11.8 Å². The van der Waals surface area contributed by atoms with Gasteiger partial charge in [-0.25, -0.2) is 13.1 Å². The van der Waals surface area contributed by atoms with Crippen LogP contribution < -0.4 is 9.46 Å². The van der Waals surface area contributed by atoms with Gasteiger partial charge in [0.15, 0.2) is 0 Å². The average molecular weight is 564 g/mol. The molecular weight excluding hydrogens is 531 g/mol. The van der Waals surface area contributed by atoms with Crippen LogP contribution in [0.5, 0.6) is 5.75 Å². The zero-order valence-corrected chi connectivity index (χ0v) is 24.7. The van der Waals surface area contributed by atoms with E-state index in [9.17, 15) is 8.42 Å². The Morgan fingerprint density at radius 3 is 1.89 bits per heavy atom. The molecule has 4 rings (SSSR count). The molecule has 0 aliphatic carbocycles. The maximum atomic E-state index is 13.8. The maximum Gasteiger partial charge on any atom is 0.125 e. The van der Waals surface area contributed by atoms with Gasteiger partial charge in [-0.1, -0.05) is 65.7 Å². The van der Waals surface area contributed by atoms with Crippen LogP contribution in [0.25, 0.3) is 0 Å². The molecule has 0 spiro atoms. The molecule has 0 heterocycles. The van der Waals surface area contributed by atoms with Gasteiger partial charge in [-0.2, -0.15) is 11.8 Å². The first-order valence-electron chi connectivity index (χ1n) is 12.3. The summed E-state index contributed by atoms with van der Waals surface area (Å²) in [5.74, 6) is 0.748. The predicted octanol–water partition coefficient (Wildman–Crippen LogP) is 7.11. The molecular formula is C31H33NO3S3. The second kappa shape index (κ2) is 12.4. The van der Waals surface area contributed by atoms with E-state index in [0.29, 0.717) is 4.90 Å². The third-order valence-corrected chi connectivity index (χ3v) is 10.6. The standard InChI is InChI=1S/C31H33NO3S3/c1-22-10-18-26(19-11-22)37(33)29-9-7-6-8-28(29)30(36-5)31(3,24-14-16-25(35-4)17-15-24)32-38(34)27-20-12-23(2)13-21-27/h6-21,30,32H,1-5H3/t30-,31-,37-,38+/m0/s1. The topological polar surface area (TPSA) is 55.4 Å². The number of nitrogens with one attached hydrogen (secondary N) is 1. The largest absolute Gasteiger partial charge is 0.497 e. The minimum atomic E-state index is -1.49. The first kappa shape index (κ1) is 28.3. The zero-order chi connectivity index (χ0) is 27.3. The van der Waals surface area contributed by atoms with Gasteiger partial charge < -0.3 is 4.74 Å². The van der Waals surface area contributed by atoms with Crippen molar-refractivity contribution in [1.82, 2.24) is 4.72 Å². The lowest BCUT2D eigenvalue weighted by Gasteiger charge is -2.39. The summed E-state index contributed by atoms with van der Waals surface area (Å²) in [5.41, 5.74) is 3.34. The fraction of sp³-hybridized carbons (Fsp3) is 0.226. The summed E-state index contributed by atoms with van der Waals surface area (Å²) >= 11 is 1.64. The Bertz CT molecular complexity index is 1420. The van der Waals surface area contributed by atoms with E-state index < -0.39 is 27.3 Å². The SMILES string of the molecule is COc1ccc([C@](C)(N[S@](=O)c2ccc(C)cc2)[C@@H](SC)c2ccccc2[S@@](=O)c2ccc(C)cc2)cc1. The van der Waals surface area contributed by atoms with Crippen molar-refractivity contribution in [3.8, 4) is 5.75 Å². The Labute approximate surface area is 235 Å². The zero-order valence-electron chi connectivity index (χ0n) is 22.3. The number of ether oxygens (including phenoxy) is 1. The molecule has 198 valence electrons. The molecule has 0 bridgehead atoms. The van der Waals surface area contributed by atoms with Crippen molar-refractivity contribution >= 4 is 33.5 Å². The van der Waals surface area contributed by atoms with E-state index in [1.54, 1.807) is 18.9 Å². The van der Waals surface area contributed by atoms with Gasteiger partial charge in [-0.3, -0.25) is 0 Å². The molecule has 0 radical (unpaired) electrons. The molecule has 4 atom stereocenters. The van der Waals surface area contributed by atoms with Gasteiger partial charge in [0, 0.05) is 9.79 Å². The monoisotopic (exact) mass is 563 g/mol. The van der Waals surface area contributed by atoms with Crippen LogP contribution in [0.3, 0.4) is 0 Å². The molecule has 7 heteroatoms. The highest BCUT2D eigenvalue weighted by Gasteiger charge is 2.40. The Morgan fingerprint density at radius 2 is 1.34 bits per heavy atom. The third-order valence-electron chi connectivity index (χ3n) is 6.63. The predicted molar refractivity (Wildman–Crippen MR) is 160 cm³/mol. The number of rotatable bonds is 10. The van der Waals surface area contributed by atoms with Gasteiger partial charge >= 0.3 is 0 Å². The second-order valence-corrected chi connectivity index (χ2v) is 13.0. The van der Waals surface area contributed by atoms with Crippen molar-refractivity contribution in [2.45, 2.75) is 46.2 Å². The second-order valence-electron chi connectivity index (χ2n) is 9.35. The van der Waals surface area contributed by atoms with E-state index in [2.05, 4.69) is 11.6 Å². The highest BCUT2D eigenvalue weighted by molar-refractivity contribution is 7.99. The van der Waals surface area contributed by atoms with Crippen LogP contribution in [0, 0.1) is 13.8 Å². The van der Waals surface area contributed by atoms with E-state index in [0.717, 1.165) is 37.8 Å². The number of methoxy groups -OCH3 is 1. The summed E-state index contributed by atoms with van der Waals surface area (Å²) < 4.78 is 36.4. The molecule has 0 fully saturated rings. The maximum absolute atomic E-state index is 13.8. The first-order valence-corrected chi connectivity index (χ1v) is 15.9. The van der Waals surface area contributed by atoms with Gasteiger partial charge in [0.05, 0.1) is 33.6 Å². The van der Waals surface area contributed by atoms with Crippen LogP contribution in [0.4, 0.5) is 0 Å². The molecule has 0 aromatic heterocycles. The van der Waals surface area contributed by atoms with Crippen molar-refractivity contribution in [2.24, 2.45) is 0 Å². The highest BCUT2D eigenvalue weighted by atomic mass is 32.2. The van der Waals surface area contributed by atoms with E-state index in [1.807, 2.05) is 117 Å². The Balaban J connectivity index is 1.82. The lowest BCUT2D eigenvalue weighted by atomic mass is 9.86. The van der Waals surface area contributed by atoms with Crippen molar-refractivity contribution in [3.63, 3.8) is 0 Å². The summed E-state index contributed by atoms with van der Waals surface area (Å²) in [5, 5.41) is -0.212. The van der Waals surface area contributed by atoms with Crippen molar-refractivity contribution in [3.05, 3.63) is 119 Å². The Hall–Kier alpha value is -2.71. The Morgan fingerprint density at radius 1 is 0.789 bits per heavy atom. The lowest BCUT2D eigenvalue weighted by molar-refractivity contribution is 0.410. The summed E-state index contributed by atoms with van der Waals surface area (Å²) in [6.07, 6.45) is 2.04. The number of hydrogen-bond acceptors (Lipinski definition) is 4. The summed E-state index contributed by atoms with van der Waals surface area (Å²) in [4.78, 5) is 2.20.